The molecule has 1 atom stereocenters. The molecule has 100 valence electrons. The summed E-state index contributed by atoms with van der Waals surface area (Å²) in [7, 11) is 3.59. The lowest BCUT2D eigenvalue weighted by molar-refractivity contribution is 0.405. The summed E-state index contributed by atoms with van der Waals surface area (Å²) in [5.41, 5.74) is 3.31. The molecule has 0 aliphatic rings. The summed E-state index contributed by atoms with van der Waals surface area (Å²) in [5.74, 6) is 0.819. The Labute approximate surface area is 118 Å². The topological polar surface area (TPSA) is 34.2 Å². The van der Waals surface area contributed by atoms with Crippen LogP contribution in [0.3, 0.4) is 0 Å². The van der Waals surface area contributed by atoms with Crippen molar-refractivity contribution >= 4 is 11.6 Å². The van der Waals surface area contributed by atoms with Gasteiger partial charge in [-0.25, -0.2) is 0 Å². The molecule has 0 spiro atoms. The predicted octanol–water partition coefficient (Wildman–Crippen LogP) is 3.36. The lowest BCUT2D eigenvalue weighted by atomic mass is 9.96. The van der Waals surface area contributed by atoms with Gasteiger partial charge in [0.25, 0.3) is 0 Å². The van der Waals surface area contributed by atoms with Crippen LogP contribution in [-0.4, -0.2) is 19.1 Å². The van der Waals surface area contributed by atoms with E-state index in [1.807, 2.05) is 44.4 Å². The van der Waals surface area contributed by atoms with Crippen molar-refractivity contribution in [1.29, 1.82) is 0 Å². The van der Waals surface area contributed by atoms with Gasteiger partial charge in [0.1, 0.15) is 5.75 Å². The van der Waals surface area contributed by atoms with Gasteiger partial charge in [0, 0.05) is 23.0 Å². The third-order valence-electron chi connectivity index (χ3n) is 3.17. The molecule has 19 heavy (non-hydrogen) atoms. The highest BCUT2D eigenvalue weighted by molar-refractivity contribution is 6.30. The molecule has 0 bridgehead atoms. The molecule has 1 aromatic heterocycles. The van der Waals surface area contributed by atoms with Crippen molar-refractivity contribution in [1.82, 2.24) is 10.3 Å². The quantitative estimate of drug-likeness (QED) is 0.930. The fourth-order valence-electron chi connectivity index (χ4n) is 2.22. The Balaban J connectivity index is 2.54. The largest absolute Gasteiger partial charge is 0.496 e. The number of halogens is 1. The van der Waals surface area contributed by atoms with Crippen LogP contribution < -0.4 is 10.1 Å². The zero-order chi connectivity index (χ0) is 13.8. The molecule has 1 aromatic carbocycles. The summed E-state index contributed by atoms with van der Waals surface area (Å²) < 4.78 is 5.43. The van der Waals surface area contributed by atoms with Crippen LogP contribution in [-0.2, 0) is 0 Å². The van der Waals surface area contributed by atoms with E-state index in [0.717, 1.165) is 22.4 Å². The molecule has 3 nitrogen and oxygen atoms in total. The molecule has 1 N–H and O–H groups in total. The normalized spacial score (nSPS) is 12.2. The molecule has 0 aliphatic carbocycles. The van der Waals surface area contributed by atoms with Crippen LogP contribution in [0.5, 0.6) is 5.75 Å². The van der Waals surface area contributed by atoms with Crippen molar-refractivity contribution < 1.29 is 4.74 Å². The molecule has 0 fully saturated rings. The van der Waals surface area contributed by atoms with Gasteiger partial charge in [-0.05, 0) is 49.4 Å². The maximum Gasteiger partial charge on any atom is 0.124 e. The highest BCUT2D eigenvalue weighted by atomic mass is 35.5. The van der Waals surface area contributed by atoms with Crippen LogP contribution in [0.2, 0.25) is 5.02 Å². The number of nitrogens with one attached hydrogen (secondary N) is 1. The van der Waals surface area contributed by atoms with Crippen LogP contribution in [0, 0.1) is 6.92 Å². The minimum atomic E-state index is 0.0247. The average Bonchev–Trinajstić information content (AvgIpc) is 2.42. The Morgan fingerprint density at radius 3 is 2.68 bits per heavy atom. The van der Waals surface area contributed by atoms with E-state index in [0.29, 0.717) is 5.02 Å². The van der Waals surface area contributed by atoms with E-state index in [9.17, 15) is 0 Å². The van der Waals surface area contributed by atoms with Gasteiger partial charge in [0.2, 0.25) is 0 Å². The van der Waals surface area contributed by atoms with E-state index >= 15 is 0 Å². The van der Waals surface area contributed by atoms with Crippen LogP contribution in [0.15, 0.2) is 36.7 Å². The zero-order valence-corrected chi connectivity index (χ0v) is 12.0. The SMILES string of the molecule is CNC(c1ccncc1C)c1cc(Cl)ccc1OC. The zero-order valence-electron chi connectivity index (χ0n) is 11.3. The van der Waals surface area contributed by atoms with E-state index in [1.54, 1.807) is 13.3 Å². The fourth-order valence-corrected chi connectivity index (χ4v) is 2.40. The number of aryl methyl sites for hydroxylation is 1. The van der Waals surface area contributed by atoms with Gasteiger partial charge in [-0.3, -0.25) is 4.98 Å². The second-order valence-corrected chi connectivity index (χ2v) is 4.78. The number of rotatable bonds is 4. The minimum Gasteiger partial charge on any atom is -0.496 e. The molecule has 2 aromatic rings. The van der Waals surface area contributed by atoms with Crippen molar-refractivity contribution in [3.05, 3.63) is 58.4 Å². The molecular weight excluding hydrogens is 260 g/mol. The van der Waals surface area contributed by atoms with Crippen molar-refractivity contribution in [3.8, 4) is 5.75 Å². The Bertz CT molecular complexity index is 572. The fraction of sp³-hybridized carbons (Fsp3) is 0.267. The molecule has 1 unspecified atom stereocenters. The van der Waals surface area contributed by atoms with Gasteiger partial charge in [0.15, 0.2) is 0 Å². The minimum absolute atomic E-state index is 0.0247. The Morgan fingerprint density at radius 1 is 1.26 bits per heavy atom. The van der Waals surface area contributed by atoms with Crippen LogP contribution in [0.25, 0.3) is 0 Å². The molecule has 2 rings (SSSR count). The Kier molecular flexibility index (Phi) is 4.40. The summed E-state index contributed by atoms with van der Waals surface area (Å²) >= 11 is 6.11. The molecule has 0 saturated carbocycles. The third kappa shape index (κ3) is 2.88. The molecular formula is C15H17ClN2O. The van der Waals surface area contributed by atoms with Gasteiger partial charge in [0.05, 0.1) is 13.2 Å². The summed E-state index contributed by atoms with van der Waals surface area (Å²) in [5, 5.41) is 4.01. The summed E-state index contributed by atoms with van der Waals surface area (Å²) in [6, 6.07) is 7.68. The third-order valence-corrected chi connectivity index (χ3v) is 3.40. The number of hydrogen-bond acceptors (Lipinski definition) is 3. The van der Waals surface area contributed by atoms with Gasteiger partial charge < -0.3 is 10.1 Å². The highest BCUT2D eigenvalue weighted by Crippen LogP contribution is 2.33. The van der Waals surface area contributed by atoms with Crippen LogP contribution in [0.1, 0.15) is 22.7 Å². The van der Waals surface area contributed by atoms with Crippen LogP contribution >= 0.6 is 11.6 Å². The van der Waals surface area contributed by atoms with Gasteiger partial charge in [-0.1, -0.05) is 11.6 Å². The molecule has 1 heterocycles. The number of hydrogen-bond donors (Lipinski definition) is 1. The molecule has 4 heteroatoms. The average molecular weight is 277 g/mol. The van der Waals surface area contributed by atoms with Gasteiger partial charge in [-0.2, -0.15) is 0 Å². The number of pyridine rings is 1. The Morgan fingerprint density at radius 2 is 2.05 bits per heavy atom. The standard InChI is InChI=1S/C15H17ClN2O/c1-10-9-18-7-6-12(10)15(17-2)13-8-11(16)4-5-14(13)19-3/h4-9,15,17H,1-3H3. The van der Waals surface area contributed by atoms with Crippen molar-refractivity contribution in [2.24, 2.45) is 0 Å². The number of nitrogens with zero attached hydrogens (tertiary/aromatic N) is 1. The molecule has 0 saturated heterocycles. The first-order valence-corrected chi connectivity index (χ1v) is 6.46. The van der Waals surface area contributed by atoms with E-state index in [2.05, 4.69) is 10.3 Å². The van der Waals surface area contributed by atoms with Gasteiger partial charge in [-0.15, -0.1) is 0 Å². The number of methoxy groups -OCH3 is 1. The van der Waals surface area contributed by atoms with E-state index in [4.69, 9.17) is 16.3 Å². The maximum atomic E-state index is 6.11. The van der Waals surface area contributed by atoms with Crippen molar-refractivity contribution in [2.45, 2.75) is 13.0 Å². The second-order valence-electron chi connectivity index (χ2n) is 4.34. The summed E-state index contributed by atoms with van der Waals surface area (Å²) in [4.78, 5) is 4.13. The lowest BCUT2D eigenvalue weighted by Gasteiger charge is -2.21. The van der Waals surface area contributed by atoms with Crippen molar-refractivity contribution in [2.75, 3.05) is 14.2 Å². The van der Waals surface area contributed by atoms with E-state index in [1.165, 1.54) is 0 Å². The number of benzene rings is 1. The Hall–Kier alpha value is -1.58. The van der Waals surface area contributed by atoms with Gasteiger partial charge >= 0.3 is 0 Å². The monoisotopic (exact) mass is 276 g/mol. The van der Waals surface area contributed by atoms with Crippen LogP contribution in [0.4, 0.5) is 0 Å². The highest BCUT2D eigenvalue weighted by Gasteiger charge is 2.18. The first-order chi connectivity index (χ1) is 9.17. The second kappa shape index (κ2) is 6.04. The predicted molar refractivity (Wildman–Crippen MR) is 77.9 cm³/mol. The number of aromatic nitrogens is 1. The van der Waals surface area contributed by atoms with E-state index in [-0.39, 0.29) is 6.04 Å². The van der Waals surface area contributed by atoms with Crippen molar-refractivity contribution in [3.63, 3.8) is 0 Å². The summed E-state index contributed by atoms with van der Waals surface area (Å²) in [6.07, 6.45) is 3.65. The first-order valence-electron chi connectivity index (χ1n) is 6.08. The first kappa shape index (κ1) is 13.8. The maximum absolute atomic E-state index is 6.11. The lowest BCUT2D eigenvalue weighted by Crippen LogP contribution is -2.19. The molecule has 0 amide bonds. The summed E-state index contributed by atoms with van der Waals surface area (Å²) in [6.45, 7) is 2.05. The molecule has 0 aliphatic heterocycles. The number of ether oxygens (including phenoxy) is 1. The van der Waals surface area contributed by atoms with E-state index < -0.39 is 0 Å². The smallest absolute Gasteiger partial charge is 0.124 e. The molecule has 0 radical (unpaired) electrons.